The van der Waals surface area contributed by atoms with E-state index in [4.69, 9.17) is 4.74 Å². The van der Waals surface area contributed by atoms with Gasteiger partial charge in [-0.05, 0) is 78.1 Å². The molecule has 1 aliphatic heterocycles. The highest BCUT2D eigenvalue weighted by atomic mass is 127. The largest absolute Gasteiger partial charge is 0.501 e. The van der Waals surface area contributed by atoms with E-state index in [0.29, 0.717) is 16.1 Å². The van der Waals surface area contributed by atoms with Gasteiger partial charge in [0.2, 0.25) is 5.75 Å². The molecule has 0 radical (unpaired) electrons. The molecule has 0 unspecified atom stereocenters. The number of thiazole rings is 1. The number of aromatic hydroxyl groups is 1. The van der Waals surface area contributed by atoms with Crippen molar-refractivity contribution in [3.8, 4) is 5.75 Å². The number of aromatic nitrogens is 1. The van der Waals surface area contributed by atoms with Crippen LogP contribution in [0.2, 0.25) is 0 Å². The van der Waals surface area contributed by atoms with Gasteiger partial charge in [-0.25, -0.2) is 9.79 Å². The van der Waals surface area contributed by atoms with Crippen molar-refractivity contribution in [1.82, 2.24) is 4.57 Å². The van der Waals surface area contributed by atoms with Crippen molar-refractivity contribution < 1.29 is 19.6 Å². The average molecular weight is 637 g/mol. The topological polar surface area (TPSA) is 124 Å². The van der Waals surface area contributed by atoms with Crippen LogP contribution in [-0.2, 0) is 9.53 Å². The van der Waals surface area contributed by atoms with Gasteiger partial charge in [-0.3, -0.25) is 19.5 Å². The predicted octanol–water partition coefficient (Wildman–Crippen LogP) is 3.74. The van der Waals surface area contributed by atoms with Crippen LogP contribution in [0.1, 0.15) is 31.0 Å². The van der Waals surface area contributed by atoms with E-state index in [1.165, 1.54) is 16.7 Å². The quantitative estimate of drug-likeness (QED) is 0.144. The number of esters is 1. The first-order valence-corrected chi connectivity index (χ1v) is 13.8. The van der Waals surface area contributed by atoms with Gasteiger partial charge in [0, 0.05) is 11.0 Å². The maximum atomic E-state index is 13.6. The van der Waals surface area contributed by atoms with Crippen molar-refractivity contribution in [3.05, 3.63) is 92.2 Å². The highest BCUT2D eigenvalue weighted by molar-refractivity contribution is 14.1. The van der Waals surface area contributed by atoms with E-state index < -0.39 is 33.9 Å². The zero-order chi connectivity index (χ0) is 26.1. The molecule has 1 aliphatic rings. The normalized spacial score (nSPS) is 15.4. The number of rotatable bonds is 6. The van der Waals surface area contributed by atoms with Gasteiger partial charge in [0.25, 0.3) is 5.56 Å². The number of carbonyl (C=O) groups is 1. The Morgan fingerprint density at radius 1 is 1.36 bits per heavy atom. The Hall–Kier alpha value is -2.97. The maximum absolute atomic E-state index is 13.6. The first-order chi connectivity index (χ1) is 17.2. The van der Waals surface area contributed by atoms with Gasteiger partial charge < -0.3 is 9.84 Å². The van der Waals surface area contributed by atoms with E-state index in [1.54, 1.807) is 54.3 Å². The Balaban J connectivity index is 1.95. The molecule has 0 amide bonds. The standard InChI is InChI=1S/C24H20IN3O6S2/c1-4-34-23(31)19-12(2)26-24-27(20(19)14-5-7-15(35-3)8-6-14)22(30)18(36-24)11-13-9-16(25)21(29)17(10-13)28(32)33/h5-11,20,29H,4H2,1-3H3/b18-11-/t20-/m1/s1. The molecule has 186 valence electrons. The van der Waals surface area contributed by atoms with Crippen molar-refractivity contribution in [1.29, 1.82) is 0 Å². The summed E-state index contributed by atoms with van der Waals surface area (Å²) in [4.78, 5) is 43.2. The SMILES string of the molecule is CCOC(=O)C1=C(C)N=c2s/c(=C\c3cc(I)c(O)c([N+](=O)[O-])c3)c(=O)n2[C@@H]1c1ccc(SC)cc1. The number of hydrogen-bond acceptors (Lipinski definition) is 9. The van der Waals surface area contributed by atoms with Crippen molar-refractivity contribution in [2.24, 2.45) is 4.99 Å². The van der Waals surface area contributed by atoms with Crippen molar-refractivity contribution in [3.63, 3.8) is 0 Å². The molecule has 1 N–H and O–H groups in total. The minimum Gasteiger partial charge on any atom is -0.501 e. The van der Waals surface area contributed by atoms with E-state index in [9.17, 15) is 24.8 Å². The summed E-state index contributed by atoms with van der Waals surface area (Å²) in [5.41, 5.74) is 1.01. The van der Waals surface area contributed by atoms with Crippen molar-refractivity contribution in [2.75, 3.05) is 12.9 Å². The molecule has 4 rings (SSSR count). The van der Waals surface area contributed by atoms with Gasteiger partial charge in [0.15, 0.2) is 4.80 Å². The number of phenolic OH excluding ortho intramolecular Hbond substituents is 1. The molecule has 1 atom stereocenters. The summed E-state index contributed by atoms with van der Waals surface area (Å²) in [7, 11) is 0. The van der Waals surface area contributed by atoms with Gasteiger partial charge in [-0.2, -0.15) is 0 Å². The first kappa shape index (κ1) is 26.1. The molecule has 0 saturated heterocycles. The van der Waals surface area contributed by atoms with E-state index in [0.717, 1.165) is 21.8 Å². The lowest BCUT2D eigenvalue weighted by Crippen LogP contribution is -2.39. The molecule has 0 saturated carbocycles. The fourth-order valence-corrected chi connectivity index (χ4v) is 5.96. The highest BCUT2D eigenvalue weighted by Gasteiger charge is 2.33. The number of nitro groups is 1. The van der Waals surface area contributed by atoms with Crippen LogP contribution in [0, 0.1) is 13.7 Å². The number of hydrogen-bond donors (Lipinski definition) is 1. The second-order valence-electron chi connectivity index (χ2n) is 7.70. The molecule has 2 heterocycles. The molecule has 36 heavy (non-hydrogen) atoms. The molecule has 0 spiro atoms. The zero-order valence-corrected chi connectivity index (χ0v) is 23.1. The molecule has 2 aromatic carbocycles. The van der Waals surface area contributed by atoms with Gasteiger partial charge in [-0.1, -0.05) is 23.5 Å². The molecule has 12 heteroatoms. The summed E-state index contributed by atoms with van der Waals surface area (Å²) < 4.78 is 7.33. The summed E-state index contributed by atoms with van der Waals surface area (Å²) in [6.07, 6.45) is 3.48. The van der Waals surface area contributed by atoms with Crippen LogP contribution in [0.3, 0.4) is 0 Å². The van der Waals surface area contributed by atoms with Gasteiger partial charge in [-0.15, -0.1) is 11.8 Å². The van der Waals surface area contributed by atoms with E-state index >= 15 is 0 Å². The number of nitro benzene ring substituents is 1. The fourth-order valence-electron chi connectivity index (χ4n) is 3.87. The van der Waals surface area contributed by atoms with Gasteiger partial charge >= 0.3 is 11.7 Å². The summed E-state index contributed by atoms with van der Waals surface area (Å²) in [5.74, 6) is -0.974. The Bertz CT molecular complexity index is 1590. The molecule has 3 aromatic rings. The number of halogens is 1. The number of nitrogens with zero attached hydrogens (tertiary/aromatic N) is 3. The second kappa shape index (κ2) is 10.6. The third kappa shape index (κ3) is 4.84. The van der Waals surface area contributed by atoms with Gasteiger partial charge in [0.05, 0.1) is 36.9 Å². The van der Waals surface area contributed by atoms with Crippen LogP contribution in [0.5, 0.6) is 5.75 Å². The third-order valence-corrected chi connectivity index (χ3v) is 8.06. The van der Waals surface area contributed by atoms with Crippen LogP contribution in [-0.4, -0.2) is 33.4 Å². The summed E-state index contributed by atoms with van der Waals surface area (Å²) in [6, 6.07) is 9.61. The van der Waals surface area contributed by atoms with Gasteiger partial charge in [0.1, 0.15) is 0 Å². The Morgan fingerprint density at radius 3 is 2.67 bits per heavy atom. The minimum absolute atomic E-state index is 0.177. The van der Waals surface area contributed by atoms with Crippen molar-refractivity contribution >= 4 is 63.4 Å². The summed E-state index contributed by atoms with van der Waals surface area (Å²) in [6.45, 7) is 3.60. The highest BCUT2D eigenvalue weighted by Crippen LogP contribution is 2.33. The number of ether oxygens (including phenoxy) is 1. The zero-order valence-electron chi connectivity index (χ0n) is 19.4. The number of fused-ring (bicyclic) bond motifs is 1. The molecule has 0 aliphatic carbocycles. The van der Waals surface area contributed by atoms with Crippen LogP contribution < -0.4 is 14.9 Å². The van der Waals surface area contributed by atoms with Crippen LogP contribution >= 0.6 is 45.7 Å². The summed E-state index contributed by atoms with van der Waals surface area (Å²) >= 11 is 4.50. The number of allylic oxidation sites excluding steroid dienone is 1. The van der Waals surface area contributed by atoms with E-state index in [2.05, 4.69) is 4.99 Å². The lowest BCUT2D eigenvalue weighted by Gasteiger charge is -2.24. The maximum Gasteiger partial charge on any atom is 0.338 e. The van der Waals surface area contributed by atoms with Crippen LogP contribution in [0.15, 0.2) is 62.4 Å². The molecule has 0 fully saturated rings. The monoisotopic (exact) mass is 637 g/mol. The Morgan fingerprint density at radius 2 is 2.06 bits per heavy atom. The molecular formula is C24H20IN3O6S2. The molecular weight excluding hydrogens is 617 g/mol. The second-order valence-corrected chi connectivity index (χ2v) is 10.8. The van der Waals surface area contributed by atoms with Crippen LogP contribution in [0.4, 0.5) is 5.69 Å². The van der Waals surface area contributed by atoms with Crippen LogP contribution in [0.25, 0.3) is 6.08 Å². The average Bonchev–Trinajstić information content (AvgIpc) is 3.14. The number of phenols is 1. The lowest BCUT2D eigenvalue weighted by molar-refractivity contribution is -0.386. The predicted molar refractivity (Wildman–Crippen MR) is 146 cm³/mol. The Kier molecular flexibility index (Phi) is 7.66. The van der Waals surface area contributed by atoms with Crippen molar-refractivity contribution in [2.45, 2.75) is 24.8 Å². The Labute approximate surface area is 227 Å². The smallest absolute Gasteiger partial charge is 0.338 e. The van der Waals surface area contributed by atoms with E-state index in [1.807, 2.05) is 30.5 Å². The van der Waals surface area contributed by atoms with E-state index in [-0.39, 0.29) is 20.3 Å². The molecule has 1 aromatic heterocycles. The number of benzene rings is 2. The molecule has 9 nitrogen and oxygen atoms in total. The fraction of sp³-hybridized carbons (Fsp3) is 0.208. The molecule has 0 bridgehead atoms. The number of carbonyl (C=O) groups excluding carboxylic acids is 1. The lowest BCUT2D eigenvalue weighted by atomic mass is 9.96. The number of thioether (sulfide) groups is 1. The minimum atomic E-state index is -0.743. The third-order valence-electron chi connectivity index (χ3n) is 5.51. The summed E-state index contributed by atoms with van der Waals surface area (Å²) in [5, 5.41) is 21.3. The first-order valence-electron chi connectivity index (χ1n) is 10.7.